The van der Waals surface area contributed by atoms with Gasteiger partial charge < -0.3 is 14.2 Å². The van der Waals surface area contributed by atoms with Crippen LogP contribution in [0.5, 0.6) is 0 Å². The van der Waals surface area contributed by atoms with Crippen molar-refractivity contribution in [2.24, 2.45) is 0 Å². The van der Waals surface area contributed by atoms with Crippen LogP contribution in [-0.2, 0) is 14.2 Å². The molecule has 110 valence electrons. The number of hydrogen-bond acceptors (Lipinski definition) is 3. The predicted molar refractivity (Wildman–Crippen MR) is 80.6 cm³/mol. The van der Waals surface area contributed by atoms with Crippen molar-refractivity contribution in [3.05, 3.63) is 71.8 Å². The van der Waals surface area contributed by atoms with Gasteiger partial charge in [-0.2, -0.15) is 0 Å². The molecule has 1 aliphatic rings. The summed E-state index contributed by atoms with van der Waals surface area (Å²) in [6.07, 6.45) is 0.290. The lowest BCUT2D eigenvalue weighted by Crippen LogP contribution is -2.31. The van der Waals surface area contributed by atoms with Crippen LogP contribution in [0.4, 0.5) is 0 Å². The first-order chi connectivity index (χ1) is 10.3. The van der Waals surface area contributed by atoms with E-state index in [0.717, 1.165) is 11.1 Å². The van der Waals surface area contributed by atoms with Gasteiger partial charge in [0.15, 0.2) is 0 Å². The van der Waals surface area contributed by atoms with E-state index in [1.807, 2.05) is 43.3 Å². The lowest BCUT2D eigenvalue weighted by molar-refractivity contribution is -0.333. The summed E-state index contributed by atoms with van der Waals surface area (Å²) < 4.78 is 17.8. The van der Waals surface area contributed by atoms with E-state index in [1.165, 1.54) is 0 Å². The number of hydrogen-bond donors (Lipinski definition) is 0. The van der Waals surface area contributed by atoms with Gasteiger partial charge in [-0.05, 0) is 11.1 Å². The zero-order valence-corrected chi connectivity index (χ0v) is 12.4. The second kappa shape index (κ2) is 5.98. The van der Waals surface area contributed by atoms with E-state index in [2.05, 4.69) is 24.3 Å². The molecular formula is C18H20O3. The van der Waals surface area contributed by atoms with Crippen LogP contribution >= 0.6 is 0 Å². The van der Waals surface area contributed by atoms with E-state index in [9.17, 15) is 0 Å². The summed E-state index contributed by atoms with van der Waals surface area (Å²) in [6.45, 7) is 2.00. The van der Waals surface area contributed by atoms with Crippen molar-refractivity contribution in [3.63, 3.8) is 0 Å². The summed E-state index contributed by atoms with van der Waals surface area (Å²) in [5.74, 6) is -0.971. The molecule has 1 heterocycles. The Bertz CT molecular complexity index is 514. The van der Waals surface area contributed by atoms with E-state index in [4.69, 9.17) is 14.2 Å². The van der Waals surface area contributed by atoms with E-state index in [-0.39, 0.29) is 12.2 Å². The molecule has 0 bridgehead atoms. The van der Waals surface area contributed by atoms with Crippen LogP contribution in [0.2, 0.25) is 0 Å². The first kappa shape index (κ1) is 14.3. The number of methoxy groups -OCH3 is 1. The second-order valence-corrected chi connectivity index (χ2v) is 5.14. The van der Waals surface area contributed by atoms with Gasteiger partial charge in [-0.3, -0.25) is 0 Å². The molecule has 0 radical (unpaired) electrons. The molecule has 2 aromatic rings. The first-order valence-corrected chi connectivity index (χ1v) is 7.28. The fraction of sp³-hybridized carbons (Fsp3) is 0.333. The SMILES string of the molecule is CCC1(OC)O[C@@H](c2ccccc2)[C@H](c2ccccc2)O1. The highest BCUT2D eigenvalue weighted by Crippen LogP contribution is 2.48. The van der Waals surface area contributed by atoms with Gasteiger partial charge in [-0.1, -0.05) is 67.6 Å². The second-order valence-electron chi connectivity index (χ2n) is 5.14. The molecule has 3 nitrogen and oxygen atoms in total. The zero-order chi connectivity index (χ0) is 14.7. The van der Waals surface area contributed by atoms with Gasteiger partial charge in [-0.15, -0.1) is 0 Å². The fourth-order valence-electron chi connectivity index (χ4n) is 2.72. The van der Waals surface area contributed by atoms with Crippen molar-refractivity contribution in [2.45, 2.75) is 31.5 Å². The molecule has 2 aromatic carbocycles. The molecule has 0 amide bonds. The molecule has 21 heavy (non-hydrogen) atoms. The minimum absolute atomic E-state index is 0.173. The molecule has 3 heteroatoms. The van der Waals surface area contributed by atoms with Crippen LogP contribution in [0.25, 0.3) is 0 Å². The maximum absolute atomic E-state index is 6.16. The maximum atomic E-state index is 6.16. The molecule has 0 spiro atoms. The first-order valence-electron chi connectivity index (χ1n) is 7.28. The summed E-state index contributed by atoms with van der Waals surface area (Å²) in [5, 5.41) is 0. The quantitative estimate of drug-likeness (QED) is 0.841. The molecule has 1 aliphatic heterocycles. The van der Waals surface area contributed by atoms with E-state index in [0.29, 0.717) is 6.42 Å². The van der Waals surface area contributed by atoms with Gasteiger partial charge >= 0.3 is 0 Å². The third kappa shape index (κ3) is 2.72. The van der Waals surface area contributed by atoms with Crippen LogP contribution < -0.4 is 0 Å². The third-order valence-corrected chi connectivity index (χ3v) is 3.89. The van der Waals surface area contributed by atoms with E-state index >= 15 is 0 Å². The summed E-state index contributed by atoms with van der Waals surface area (Å²) in [7, 11) is 1.62. The molecule has 1 fully saturated rings. The molecule has 0 aromatic heterocycles. The van der Waals surface area contributed by atoms with Crippen molar-refractivity contribution in [1.82, 2.24) is 0 Å². The summed E-state index contributed by atoms with van der Waals surface area (Å²) >= 11 is 0. The summed E-state index contributed by atoms with van der Waals surface area (Å²) in [4.78, 5) is 0. The minimum Gasteiger partial charge on any atom is -0.331 e. The highest BCUT2D eigenvalue weighted by atomic mass is 16.9. The monoisotopic (exact) mass is 284 g/mol. The average molecular weight is 284 g/mol. The van der Waals surface area contributed by atoms with Gasteiger partial charge in [0, 0.05) is 13.5 Å². The third-order valence-electron chi connectivity index (χ3n) is 3.89. The van der Waals surface area contributed by atoms with Crippen molar-refractivity contribution < 1.29 is 14.2 Å². The van der Waals surface area contributed by atoms with Crippen LogP contribution in [0.1, 0.15) is 36.7 Å². The molecule has 3 rings (SSSR count). The molecule has 1 saturated heterocycles. The molecule has 0 saturated carbocycles. The van der Waals surface area contributed by atoms with Gasteiger partial charge in [-0.25, -0.2) is 0 Å². The normalized spacial score (nSPS) is 24.1. The Labute approximate surface area is 125 Å². The molecule has 2 atom stereocenters. The largest absolute Gasteiger partial charge is 0.331 e. The lowest BCUT2D eigenvalue weighted by atomic mass is 9.99. The Morgan fingerprint density at radius 2 is 1.29 bits per heavy atom. The van der Waals surface area contributed by atoms with Crippen LogP contribution in [0.3, 0.4) is 0 Å². The fourth-order valence-corrected chi connectivity index (χ4v) is 2.72. The number of ether oxygens (including phenoxy) is 3. The van der Waals surface area contributed by atoms with Crippen molar-refractivity contribution in [1.29, 1.82) is 0 Å². The Kier molecular flexibility index (Phi) is 4.06. The van der Waals surface area contributed by atoms with E-state index in [1.54, 1.807) is 7.11 Å². The Hall–Kier alpha value is -1.68. The standard InChI is InChI=1S/C18H20O3/c1-3-18(19-2)20-16(14-10-6-4-7-11-14)17(21-18)15-12-8-5-9-13-15/h4-13,16-17H,3H2,1-2H3/t16-,17-/m0/s1. The van der Waals surface area contributed by atoms with Gasteiger partial charge in [0.25, 0.3) is 5.97 Å². The van der Waals surface area contributed by atoms with Crippen LogP contribution in [-0.4, -0.2) is 13.1 Å². The van der Waals surface area contributed by atoms with Crippen LogP contribution in [0.15, 0.2) is 60.7 Å². The summed E-state index contributed by atoms with van der Waals surface area (Å²) in [5.41, 5.74) is 2.19. The smallest absolute Gasteiger partial charge is 0.283 e. The molecule has 0 N–H and O–H groups in total. The van der Waals surface area contributed by atoms with Crippen LogP contribution in [0, 0.1) is 0 Å². The average Bonchev–Trinajstić information content (AvgIpc) is 2.97. The van der Waals surface area contributed by atoms with Crippen molar-refractivity contribution in [3.8, 4) is 0 Å². The maximum Gasteiger partial charge on any atom is 0.283 e. The van der Waals surface area contributed by atoms with Crippen molar-refractivity contribution in [2.75, 3.05) is 7.11 Å². The molecule has 0 aliphatic carbocycles. The topological polar surface area (TPSA) is 27.7 Å². The van der Waals surface area contributed by atoms with E-state index < -0.39 is 5.97 Å². The molecule has 0 unspecified atom stereocenters. The minimum atomic E-state index is -0.971. The Balaban J connectivity index is 1.98. The molecular weight excluding hydrogens is 264 g/mol. The van der Waals surface area contributed by atoms with Crippen molar-refractivity contribution >= 4 is 0 Å². The lowest BCUT2D eigenvalue weighted by Gasteiger charge is -2.24. The Morgan fingerprint density at radius 1 is 0.857 bits per heavy atom. The predicted octanol–water partition coefficient (Wildman–Crippen LogP) is 4.23. The highest BCUT2D eigenvalue weighted by molar-refractivity contribution is 5.26. The summed E-state index contributed by atoms with van der Waals surface area (Å²) in [6, 6.07) is 20.3. The highest BCUT2D eigenvalue weighted by Gasteiger charge is 2.48. The van der Waals surface area contributed by atoms with Gasteiger partial charge in [0.2, 0.25) is 0 Å². The van der Waals surface area contributed by atoms with Gasteiger partial charge in [0.05, 0.1) is 0 Å². The number of benzene rings is 2. The van der Waals surface area contributed by atoms with Gasteiger partial charge in [0.1, 0.15) is 12.2 Å². The number of rotatable bonds is 4. The zero-order valence-electron chi connectivity index (χ0n) is 12.4. The Morgan fingerprint density at radius 3 is 1.62 bits per heavy atom.